The number of carbonyl (C=O) groups excluding carboxylic acids is 1. The zero-order chi connectivity index (χ0) is 17.9. The van der Waals surface area contributed by atoms with Gasteiger partial charge in [-0.1, -0.05) is 30.2 Å². The topological polar surface area (TPSA) is 73.3 Å². The molecule has 0 radical (unpaired) electrons. The SMILES string of the molecule is COc1cccc(OCCc2nnc(NC(=O)C3[C@H]4CCCC[C@H]34)s2)c1. The zero-order valence-corrected chi connectivity index (χ0v) is 15.6. The van der Waals surface area contributed by atoms with Crippen LogP contribution in [0.1, 0.15) is 30.7 Å². The van der Waals surface area contributed by atoms with Crippen LogP contribution >= 0.6 is 11.3 Å². The number of nitrogens with zero attached hydrogens (tertiary/aromatic N) is 2. The van der Waals surface area contributed by atoms with Crippen molar-refractivity contribution in [1.29, 1.82) is 0 Å². The monoisotopic (exact) mass is 373 g/mol. The fourth-order valence-corrected chi connectivity index (χ4v) is 4.65. The van der Waals surface area contributed by atoms with Crippen molar-refractivity contribution >= 4 is 22.4 Å². The molecule has 0 bridgehead atoms. The molecular weight excluding hydrogens is 350 g/mol. The Morgan fingerprint density at radius 1 is 1.23 bits per heavy atom. The number of hydrogen-bond donors (Lipinski definition) is 1. The van der Waals surface area contributed by atoms with Crippen molar-refractivity contribution in [3.63, 3.8) is 0 Å². The van der Waals surface area contributed by atoms with Crippen LogP contribution in [0.5, 0.6) is 11.5 Å². The standard InChI is InChI=1S/C19H23N3O3S/c1-24-12-5-4-6-13(11-12)25-10-9-16-21-22-19(26-16)20-18(23)17-14-7-2-3-8-15(14)17/h4-6,11,14-15,17H,2-3,7-10H2,1H3,(H,20,22,23)/t14-,15-/m0/s1. The molecule has 26 heavy (non-hydrogen) atoms. The van der Waals surface area contributed by atoms with Crippen LogP contribution in [0.3, 0.4) is 0 Å². The summed E-state index contributed by atoms with van der Waals surface area (Å²) in [7, 11) is 1.63. The van der Waals surface area contributed by atoms with Crippen LogP contribution in [0.4, 0.5) is 5.13 Å². The summed E-state index contributed by atoms with van der Waals surface area (Å²) in [5.41, 5.74) is 0. The summed E-state index contributed by atoms with van der Waals surface area (Å²) in [5.74, 6) is 3.06. The van der Waals surface area contributed by atoms with Crippen LogP contribution < -0.4 is 14.8 Å². The van der Waals surface area contributed by atoms with E-state index in [9.17, 15) is 4.79 Å². The summed E-state index contributed by atoms with van der Waals surface area (Å²) in [6.45, 7) is 0.503. The van der Waals surface area contributed by atoms with Gasteiger partial charge in [0, 0.05) is 18.4 Å². The number of anilines is 1. The van der Waals surface area contributed by atoms with Gasteiger partial charge in [0.05, 0.1) is 13.7 Å². The third-order valence-electron chi connectivity index (χ3n) is 5.28. The summed E-state index contributed by atoms with van der Waals surface area (Å²) >= 11 is 1.42. The maximum Gasteiger partial charge on any atom is 0.229 e. The molecule has 0 saturated heterocycles. The highest BCUT2D eigenvalue weighted by molar-refractivity contribution is 7.15. The molecule has 2 aliphatic rings. The van der Waals surface area contributed by atoms with E-state index in [0.29, 0.717) is 30.0 Å². The van der Waals surface area contributed by atoms with Gasteiger partial charge in [0.15, 0.2) is 0 Å². The summed E-state index contributed by atoms with van der Waals surface area (Å²) in [4.78, 5) is 12.4. The largest absolute Gasteiger partial charge is 0.497 e. The molecule has 2 atom stereocenters. The smallest absolute Gasteiger partial charge is 0.229 e. The van der Waals surface area contributed by atoms with E-state index in [4.69, 9.17) is 9.47 Å². The molecule has 2 saturated carbocycles. The summed E-state index contributed by atoms with van der Waals surface area (Å²) in [6, 6.07) is 7.51. The van der Waals surface area contributed by atoms with Gasteiger partial charge in [0.2, 0.25) is 11.0 Å². The van der Waals surface area contributed by atoms with Gasteiger partial charge in [-0.15, -0.1) is 10.2 Å². The molecule has 1 aromatic carbocycles. The number of rotatable bonds is 7. The number of nitrogens with one attached hydrogen (secondary N) is 1. The molecule has 2 fully saturated rings. The van der Waals surface area contributed by atoms with Crippen LogP contribution in [0.15, 0.2) is 24.3 Å². The van der Waals surface area contributed by atoms with E-state index in [1.165, 1.54) is 37.0 Å². The second-order valence-electron chi connectivity index (χ2n) is 6.91. The van der Waals surface area contributed by atoms with Crippen molar-refractivity contribution in [2.75, 3.05) is 19.0 Å². The highest BCUT2D eigenvalue weighted by Gasteiger charge is 2.54. The lowest BCUT2D eigenvalue weighted by Gasteiger charge is -2.06. The van der Waals surface area contributed by atoms with Gasteiger partial charge in [-0.05, 0) is 36.8 Å². The highest BCUT2D eigenvalue weighted by Crippen LogP contribution is 2.55. The molecule has 0 unspecified atom stereocenters. The van der Waals surface area contributed by atoms with E-state index in [0.717, 1.165) is 16.5 Å². The second kappa shape index (κ2) is 7.61. The van der Waals surface area contributed by atoms with Crippen LogP contribution in [0.25, 0.3) is 0 Å². The Bertz CT molecular complexity index is 767. The predicted octanol–water partition coefficient (Wildman–Crippen LogP) is 3.54. The lowest BCUT2D eigenvalue weighted by molar-refractivity contribution is -0.117. The maximum absolute atomic E-state index is 12.4. The van der Waals surface area contributed by atoms with Crippen molar-refractivity contribution in [3.8, 4) is 11.5 Å². The first-order valence-corrected chi connectivity index (χ1v) is 9.96. The molecule has 4 rings (SSSR count). The van der Waals surface area contributed by atoms with Crippen LogP contribution in [-0.4, -0.2) is 29.8 Å². The molecule has 1 amide bonds. The van der Waals surface area contributed by atoms with Gasteiger partial charge >= 0.3 is 0 Å². The van der Waals surface area contributed by atoms with E-state index in [2.05, 4.69) is 15.5 Å². The Morgan fingerprint density at radius 3 is 2.77 bits per heavy atom. The fraction of sp³-hybridized carbons (Fsp3) is 0.526. The first-order chi connectivity index (χ1) is 12.7. The zero-order valence-electron chi connectivity index (χ0n) is 14.8. The van der Waals surface area contributed by atoms with E-state index in [1.54, 1.807) is 7.11 Å². The highest BCUT2D eigenvalue weighted by atomic mass is 32.1. The Morgan fingerprint density at radius 2 is 2.00 bits per heavy atom. The molecular formula is C19H23N3O3S. The van der Waals surface area contributed by atoms with E-state index in [-0.39, 0.29) is 11.8 Å². The molecule has 1 heterocycles. The van der Waals surface area contributed by atoms with Crippen LogP contribution in [-0.2, 0) is 11.2 Å². The number of ether oxygens (including phenoxy) is 2. The number of carbonyl (C=O) groups is 1. The normalized spacial score (nSPS) is 23.8. The fourth-order valence-electron chi connectivity index (χ4n) is 3.92. The first kappa shape index (κ1) is 17.3. The average Bonchev–Trinajstić information content (AvgIpc) is 3.25. The van der Waals surface area contributed by atoms with E-state index in [1.807, 2.05) is 24.3 Å². The van der Waals surface area contributed by atoms with E-state index < -0.39 is 0 Å². The number of methoxy groups -OCH3 is 1. The number of benzene rings is 1. The van der Waals surface area contributed by atoms with Gasteiger partial charge in [-0.3, -0.25) is 4.79 Å². The van der Waals surface area contributed by atoms with Crippen LogP contribution in [0.2, 0.25) is 0 Å². The number of fused-ring (bicyclic) bond motifs is 1. The molecule has 0 spiro atoms. The average molecular weight is 373 g/mol. The number of amides is 1. The third-order valence-corrected chi connectivity index (χ3v) is 6.18. The Kier molecular flexibility index (Phi) is 5.06. The Balaban J connectivity index is 1.25. The molecule has 2 aromatic rings. The molecule has 2 aliphatic carbocycles. The van der Waals surface area contributed by atoms with Gasteiger partial charge in [-0.2, -0.15) is 0 Å². The van der Waals surface area contributed by atoms with Gasteiger partial charge in [0.25, 0.3) is 0 Å². The minimum atomic E-state index is 0.122. The summed E-state index contributed by atoms with van der Waals surface area (Å²) in [6.07, 6.45) is 5.58. The molecule has 7 heteroatoms. The first-order valence-electron chi connectivity index (χ1n) is 9.14. The second-order valence-corrected chi connectivity index (χ2v) is 7.97. The summed E-state index contributed by atoms with van der Waals surface area (Å²) < 4.78 is 10.9. The van der Waals surface area contributed by atoms with Crippen molar-refractivity contribution in [3.05, 3.63) is 29.3 Å². The number of aromatic nitrogens is 2. The van der Waals surface area contributed by atoms with E-state index >= 15 is 0 Å². The lowest BCUT2D eigenvalue weighted by atomic mass is 10.0. The molecule has 6 nitrogen and oxygen atoms in total. The Hall–Kier alpha value is -2.15. The van der Waals surface area contributed by atoms with Crippen molar-refractivity contribution in [1.82, 2.24) is 10.2 Å². The third kappa shape index (κ3) is 3.82. The predicted molar refractivity (Wildman–Crippen MR) is 99.7 cm³/mol. The van der Waals surface area contributed by atoms with Gasteiger partial charge < -0.3 is 14.8 Å². The van der Waals surface area contributed by atoms with Crippen molar-refractivity contribution in [2.45, 2.75) is 32.1 Å². The van der Waals surface area contributed by atoms with Crippen molar-refractivity contribution in [2.24, 2.45) is 17.8 Å². The Labute approximate surface area is 156 Å². The minimum absolute atomic E-state index is 0.122. The maximum atomic E-state index is 12.4. The molecule has 1 aromatic heterocycles. The molecule has 0 aliphatic heterocycles. The van der Waals surface area contributed by atoms with Crippen molar-refractivity contribution < 1.29 is 14.3 Å². The quantitative estimate of drug-likeness (QED) is 0.803. The van der Waals surface area contributed by atoms with Gasteiger partial charge in [-0.25, -0.2) is 0 Å². The van der Waals surface area contributed by atoms with Gasteiger partial charge in [0.1, 0.15) is 16.5 Å². The minimum Gasteiger partial charge on any atom is -0.497 e. The van der Waals surface area contributed by atoms with Crippen LogP contribution in [0, 0.1) is 17.8 Å². The number of hydrogen-bond acceptors (Lipinski definition) is 6. The lowest BCUT2D eigenvalue weighted by Crippen LogP contribution is -2.15. The summed E-state index contributed by atoms with van der Waals surface area (Å²) in [5, 5.41) is 12.7. The molecule has 138 valence electrons. The molecule has 1 N–H and O–H groups in total.